The summed E-state index contributed by atoms with van der Waals surface area (Å²) in [6.45, 7) is 7.36. The predicted molar refractivity (Wildman–Crippen MR) is 75.8 cm³/mol. The zero-order valence-corrected chi connectivity index (χ0v) is 12.5. The van der Waals surface area contributed by atoms with Crippen molar-refractivity contribution in [1.82, 2.24) is 5.32 Å². The zero-order chi connectivity index (χ0) is 15.1. The van der Waals surface area contributed by atoms with Gasteiger partial charge in [-0.3, -0.25) is 9.59 Å². The maximum absolute atomic E-state index is 11.9. The van der Waals surface area contributed by atoms with Gasteiger partial charge in [0, 0.05) is 6.04 Å². The van der Waals surface area contributed by atoms with Crippen LogP contribution in [-0.4, -0.2) is 28.6 Å². The number of carboxylic acid groups (broad SMARTS) is 1. The fraction of sp³-hybridized carbons (Fsp3) is 0.857. The minimum Gasteiger partial charge on any atom is -0.481 e. The third kappa shape index (κ3) is 7.15. The lowest BCUT2D eigenvalue weighted by Crippen LogP contribution is -2.53. The van der Waals surface area contributed by atoms with Gasteiger partial charge in [-0.2, -0.15) is 0 Å². The second-order valence-electron chi connectivity index (χ2n) is 5.71. The summed E-state index contributed by atoms with van der Waals surface area (Å²) in [7, 11) is 0. The van der Waals surface area contributed by atoms with Gasteiger partial charge >= 0.3 is 5.97 Å². The van der Waals surface area contributed by atoms with Gasteiger partial charge in [-0.1, -0.05) is 26.7 Å². The van der Waals surface area contributed by atoms with E-state index in [0.717, 1.165) is 19.3 Å². The number of aliphatic carboxylic acids is 1. The number of nitrogens with two attached hydrogens (primary N) is 1. The summed E-state index contributed by atoms with van der Waals surface area (Å²) >= 11 is 0. The Kier molecular flexibility index (Phi) is 7.68. The maximum atomic E-state index is 11.9. The molecule has 19 heavy (non-hydrogen) atoms. The summed E-state index contributed by atoms with van der Waals surface area (Å²) in [5, 5.41) is 11.7. The number of hydrogen-bond acceptors (Lipinski definition) is 3. The van der Waals surface area contributed by atoms with Gasteiger partial charge in [-0.15, -0.1) is 0 Å². The molecule has 0 aliphatic carbocycles. The predicted octanol–water partition coefficient (Wildman–Crippen LogP) is 1.90. The highest BCUT2D eigenvalue weighted by molar-refractivity contribution is 5.85. The van der Waals surface area contributed by atoms with Crippen LogP contribution in [0.5, 0.6) is 0 Å². The summed E-state index contributed by atoms with van der Waals surface area (Å²) in [6, 6.07) is 0.0215. The van der Waals surface area contributed by atoms with E-state index < -0.39 is 11.5 Å². The molecule has 3 atom stereocenters. The van der Waals surface area contributed by atoms with Gasteiger partial charge in [0.25, 0.3) is 0 Å². The van der Waals surface area contributed by atoms with Crippen molar-refractivity contribution in [3.63, 3.8) is 0 Å². The third-order valence-corrected chi connectivity index (χ3v) is 3.36. The van der Waals surface area contributed by atoms with E-state index in [9.17, 15) is 9.59 Å². The van der Waals surface area contributed by atoms with Gasteiger partial charge in [-0.05, 0) is 33.1 Å². The van der Waals surface area contributed by atoms with E-state index in [1.807, 2.05) is 13.8 Å². The average Bonchev–Trinajstić information content (AvgIpc) is 2.28. The number of nitrogens with one attached hydrogen (secondary N) is 1. The number of hydrogen-bond donors (Lipinski definition) is 3. The quantitative estimate of drug-likeness (QED) is 0.597. The summed E-state index contributed by atoms with van der Waals surface area (Å²) in [5.74, 6) is -1.23. The van der Waals surface area contributed by atoms with Crippen LogP contribution in [0.3, 0.4) is 0 Å². The van der Waals surface area contributed by atoms with Crippen molar-refractivity contribution in [2.45, 2.75) is 71.4 Å². The monoisotopic (exact) mass is 272 g/mol. The fourth-order valence-electron chi connectivity index (χ4n) is 1.95. The summed E-state index contributed by atoms with van der Waals surface area (Å²) in [4.78, 5) is 22.6. The van der Waals surface area contributed by atoms with Crippen molar-refractivity contribution >= 4 is 11.9 Å². The van der Waals surface area contributed by atoms with E-state index in [0.29, 0.717) is 12.8 Å². The molecule has 0 saturated heterocycles. The Morgan fingerprint density at radius 2 is 1.89 bits per heavy atom. The summed E-state index contributed by atoms with van der Waals surface area (Å²) < 4.78 is 0. The van der Waals surface area contributed by atoms with Crippen molar-refractivity contribution in [3.8, 4) is 0 Å². The Hall–Kier alpha value is -1.10. The second-order valence-corrected chi connectivity index (χ2v) is 5.71. The van der Waals surface area contributed by atoms with E-state index in [1.165, 1.54) is 0 Å². The van der Waals surface area contributed by atoms with Crippen LogP contribution in [0.4, 0.5) is 0 Å². The molecule has 0 aromatic rings. The molecule has 0 saturated carbocycles. The zero-order valence-electron chi connectivity index (χ0n) is 12.5. The molecule has 0 aromatic carbocycles. The molecule has 5 nitrogen and oxygen atoms in total. The number of carbonyl (C=O) groups excluding carboxylic acids is 1. The molecule has 5 heteroatoms. The van der Waals surface area contributed by atoms with Crippen LogP contribution in [0.15, 0.2) is 0 Å². The van der Waals surface area contributed by atoms with Crippen molar-refractivity contribution in [3.05, 3.63) is 0 Å². The van der Waals surface area contributed by atoms with Crippen molar-refractivity contribution in [2.24, 2.45) is 11.7 Å². The first-order valence-corrected chi connectivity index (χ1v) is 7.03. The van der Waals surface area contributed by atoms with Crippen LogP contribution in [-0.2, 0) is 9.59 Å². The number of carboxylic acids is 1. The molecule has 0 fully saturated rings. The van der Waals surface area contributed by atoms with E-state index in [4.69, 9.17) is 10.8 Å². The van der Waals surface area contributed by atoms with Crippen LogP contribution in [0.2, 0.25) is 0 Å². The molecular weight excluding hydrogens is 244 g/mol. The molecule has 3 unspecified atom stereocenters. The highest BCUT2D eigenvalue weighted by atomic mass is 16.4. The van der Waals surface area contributed by atoms with Gasteiger partial charge < -0.3 is 16.2 Å². The molecule has 0 bridgehead atoms. The van der Waals surface area contributed by atoms with Crippen LogP contribution in [0.1, 0.15) is 59.8 Å². The Bertz CT molecular complexity index is 303. The largest absolute Gasteiger partial charge is 0.481 e. The minimum absolute atomic E-state index is 0.0215. The summed E-state index contributed by atoms with van der Waals surface area (Å²) in [6.07, 6.45) is 3.70. The van der Waals surface area contributed by atoms with E-state index in [2.05, 4.69) is 5.32 Å². The number of amides is 1. The molecule has 0 aliphatic rings. The second kappa shape index (κ2) is 8.15. The third-order valence-electron chi connectivity index (χ3n) is 3.36. The Balaban J connectivity index is 4.01. The SMILES string of the molecule is CCCC(C)(N)C(=O)NC(C)CCCC(C)C(=O)O. The van der Waals surface area contributed by atoms with Crippen LogP contribution in [0, 0.1) is 5.92 Å². The Morgan fingerprint density at radius 3 is 2.37 bits per heavy atom. The molecule has 4 N–H and O–H groups in total. The Morgan fingerprint density at radius 1 is 1.32 bits per heavy atom. The standard InChI is InChI=1S/C14H28N2O3/c1-5-9-14(4,15)13(19)16-11(3)8-6-7-10(2)12(17)18/h10-11H,5-9,15H2,1-4H3,(H,16,19)(H,17,18). The molecule has 0 radical (unpaired) electrons. The number of carbonyl (C=O) groups is 2. The molecule has 0 rings (SSSR count). The molecule has 0 spiro atoms. The molecule has 0 heterocycles. The van der Waals surface area contributed by atoms with Gasteiger partial charge in [-0.25, -0.2) is 0 Å². The molecule has 1 amide bonds. The van der Waals surface area contributed by atoms with Crippen molar-refractivity contribution in [2.75, 3.05) is 0 Å². The first-order valence-electron chi connectivity index (χ1n) is 7.03. The molecule has 0 aromatic heterocycles. The molecule has 0 aliphatic heterocycles. The van der Waals surface area contributed by atoms with Gasteiger partial charge in [0.15, 0.2) is 0 Å². The Labute approximate surface area is 115 Å². The van der Waals surface area contributed by atoms with E-state index in [1.54, 1.807) is 13.8 Å². The average molecular weight is 272 g/mol. The summed E-state index contributed by atoms with van der Waals surface area (Å²) in [5.41, 5.74) is 5.12. The smallest absolute Gasteiger partial charge is 0.306 e. The van der Waals surface area contributed by atoms with Crippen molar-refractivity contribution in [1.29, 1.82) is 0 Å². The van der Waals surface area contributed by atoms with E-state index >= 15 is 0 Å². The highest BCUT2D eigenvalue weighted by Crippen LogP contribution is 2.12. The number of rotatable bonds is 9. The fourth-order valence-corrected chi connectivity index (χ4v) is 1.95. The lowest BCUT2D eigenvalue weighted by molar-refractivity contribution is -0.141. The van der Waals surface area contributed by atoms with Crippen molar-refractivity contribution < 1.29 is 14.7 Å². The lowest BCUT2D eigenvalue weighted by atomic mass is 9.95. The minimum atomic E-state index is -0.822. The van der Waals surface area contributed by atoms with Gasteiger partial charge in [0.2, 0.25) is 5.91 Å². The van der Waals surface area contributed by atoms with Gasteiger partial charge in [0.1, 0.15) is 0 Å². The lowest BCUT2D eigenvalue weighted by Gasteiger charge is -2.25. The van der Waals surface area contributed by atoms with Crippen LogP contribution < -0.4 is 11.1 Å². The molecule has 112 valence electrons. The van der Waals surface area contributed by atoms with Crippen LogP contribution >= 0.6 is 0 Å². The van der Waals surface area contributed by atoms with Gasteiger partial charge in [0.05, 0.1) is 11.5 Å². The van der Waals surface area contributed by atoms with Crippen LogP contribution in [0.25, 0.3) is 0 Å². The highest BCUT2D eigenvalue weighted by Gasteiger charge is 2.27. The van der Waals surface area contributed by atoms with E-state index in [-0.39, 0.29) is 17.9 Å². The molecular formula is C14H28N2O3. The first kappa shape index (κ1) is 17.9. The maximum Gasteiger partial charge on any atom is 0.306 e. The first-order chi connectivity index (χ1) is 8.70. The normalized spacial score (nSPS) is 17.3. The topological polar surface area (TPSA) is 92.4 Å².